The van der Waals surface area contributed by atoms with Gasteiger partial charge in [0, 0.05) is 23.8 Å². The highest BCUT2D eigenvalue weighted by molar-refractivity contribution is 7.09. The Morgan fingerprint density at radius 2 is 2.00 bits per heavy atom. The molecule has 4 heteroatoms. The number of nitrogens with zero attached hydrogens (tertiary/aromatic N) is 2. The van der Waals surface area contributed by atoms with Crippen LogP contribution < -0.4 is 5.32 Å². The summed E-state index contributed by atoms with van der Waals surface area (Å²) in [6.45, 7) is 8.36. The van der Waals surface area contributed by atoms with Gasteiger partial charge in [0.2, 0.25) is 0 Å². The molecule has 1 aromatic carbocycles. The molecule has 0 bridgehead atoms. The summed E-state index contributed by atoms with van der Waals surface area (Å²) in [5.74, 6) is 0. The molecule has 0 amide bonds. The molecule has 2 rings (SSSR count). The van der Waals surface area contributed by atoms with Gasteiger partial charge in [0.15, 0.2) is 0 Å². The van der Waals surface area contributed by atoms with E-state index in [1.165, 1.54) is 11.3 Å². The first kappa shape index (κ1) is 14.0. The lowest BCUT2D eigenvalue weighted by Crippen LogP contribution is -2.22. The Hall–Kier alpha value is -1.39. The number of hydrogen-bond acceptors (Lipinski definition) is 4. The summed E-state index contributed by atoms with van der Waals surface area (Å²) < 4.78 is 0. The number of benzene rings is 1. The van der Waals surface area contributed by atoms with Gasteiger partial charge in [-0.3, -0.25) is 4.90 Å². The molecule has 0 fully saturated rings. The standard InChI is InChI=1S/C15H21N3S/c1-3-18(4-2)12-13-7-5-6-8-14(13)17-11-15-16-9-10-19-15/h5-10,17H,3-4,11-12H2,1-2H3. The second kappa shape index (κ2) is 7.26. The lowest BCUT2D eigenvalue weighted by Gasteiger charge is -2.20. The topological polar surface area (TPSA) is 28.2 Å². The number of hydrogen-bond donors (Lipinski definition) is 1. The first-order valence-electron chi connectivity index (χ1n) is 6.76. The number of para-hydroxylation sites is 1. The van der Waals surface area contributed by atoms with Crippen molar-refractivity contribution >= 4 is 17.0 Å². The summed E-state index contributed by atoms with van der Waals surface area (Å²) in [6.07, 6.45) is 1.85. The van der Waals surface area contributed by atoms with Crippen molar-refractivity contribution in [3.8, 4) is 0 Å². The smallest absolute Gasteiger partial charge is 0.112 e. The summed E-state index contributed by atoms with van der Waals surface area (Å²) in [7, 11) is 0. The van der Waals surface area contributed by atoms with E-state index in [2.05, 4.69) is 53.3 Å². The van der Waals surface area contributed by atoms with Gasteiger partial charge in [0.1, 0.15) is 5.01 Å². The third kappa shape index (κ3) is 4.04. The third-order valence-electron chi connectivity index (χ3n) is 3.22. The van der Waals surface area contributed by atoms with Crippen molar-refractivity contribution in [2.75, 3.05) is 18.4 Å². The van der Waals surface area contributed by atoms with Crippen LogP contribution in [0.3, 0.4) is 0 Å². The first-order valence-corrected chi connectivity index (χ1v) is 7.64. The van der Waals surface area contributed by atoms with Gasteiger partial charge in [-0.2, -0.15) is 0 Å². The Balaban J connectivity index is 2.03. The number of aromatic nitrogens is 1. The van der Waals surface area contributed by atoms with Crippen LogP contribution >= 0.6 is 11.3 Å². The van der Waals surface area contributed by atoms with Gasteiger partial charge in [-0.25, -0.2) is 4.98 Å². The van der Waals surface area contributed by atoms with E-state index in [4.69, 9.17) is 0 Å². The van der Waals surface area contributed by atoms with Crippen LogP contribution in [0.15, 0.2) is 35.8 Å². The van der Waals surface area contributed by atoms with Crippen LogP contribution in [-0.4, -0.2) is 23.0 Å². The molecule has 0 saturated heterocycles. The molecule has 1 N–H and O–H groups in total. The summed E-state index contributed by atoms with van der Waals surface area (Å²) in [6, 6.07) is 8.53. The summed E-state index contributed by atoms with van der Waals surface area (Å²) in [5, 5.41) is 6.63. The molecular weight excluding hydrogens is 254 g/mol. The van der Waals surface area contributed by atoms with Gasteiger partial charge in [0.05, 0.1) is 6.54 Å². The fourth-order valence-electron chi connectivity index (χ4n) is 2.03. The molecule has 1 aromatic heterocycles. The minimum Gasteiger partial charge on any atom is -0.378 e. The van der Waals surface area contributed by atoms with Crippen LogP contribution in [0.2, 0.25) is 0 Å². The number of thiazole rings is 1. The quantitative estimate of drug-likeness (QED) is 0.837. The molecule has 0 aliphatic heterocycles. The average molecular weight is 275 g/mol. The van der Waals surface area contributed by atoms with Crippen LogP contribution in [0.1, 0.15) is 24.4 Å². The predicted octanol–water partition coefficient (Wildman–Crippen LogP) is 3.60. The Morgan fingerprint density at radius 1 is 1.21 bits per heavy atom. The Labute approximate surface area is 119 Å². The van der Waals surface area contributed by atoms with E-state index in [0.717, 1.165) is 31.2 Å². The van der Waals surface area contributed by atoms with E-state index in [-0.39, 0.29) is 0 Å². The molecule has 2 aromatic rings. The fourth-order valence-corrected chi connectivity index (χ4v) is 2.59. The normalized spacial score (nSPS) is 10.9. The Morgan fingerprint density at radius 3 is 2.68 bits per heavy atom. The Kier molecular flexibility index (Phi) is 5.36. The van der Waals surface area contributed by atoms with Crippen molar-refractivity contribution in [1.29, 1.82) is 0 Å². The maximum atomic E-state index is 4.30. The molecule has 0 atom stereocenters. The molecule has 0 aliphatic rings. The van der Waals surface area contributed by atoms with E-state index in [1.54, 1.807) is 11.3 Å². The minimum atomic E-state index is 0.799. The van der Waals surface area contributed by atoms with Crippen molar-refractivity contribution in [1.82, 2.24) is 9.88 Å². The summed E-state index contributed by atoms with van der Waals surface area (Å²) in [4.78, 5) is 6.72. The van der Waals surface area contributed by atoms with Gasteiger partial charge in [0.25, 0.3) is 0 Å². The highest BCUT2D eigenvalue weighted by Crippen LogP contribution is 2.18. The molecule has 3 nitrogen and oxygen atoms in total. The largest absolute Gasteiger partial charge is 0.378 e. The van der Waals surface area contributed by atoms with Crippen LogP contribution in [0, 0.1) is 0 Å². The highest BCUT2D eigenvalue weighted by atomic mass is 32.1. The third-order valence-corrected chi connectivity index (χ3v) is 4.00. The van der Waals surface area contributed by atoms with Crippen LogP contribution in [0.25, 0.3) is 0 Å². The lowest BCUT2D eigenvalue weighted by molar-refractivity contribution is 0.296. The first-order chi connectivity index (χ1) is 9.33. The number of nitrogens with one attached hydrogen (secondary N) is 1. The lowest BCUT2D eigenvalue weighted by atomic mass is 10.1. The second-order valence-electron chi connectivity index (χ2n) is 4.40. The van der Waals surface area contributed by atoms with E-state index >= 15 is 0 Å². The van der Waals surface area contributed by atoms with Crippen molar-refractivity contribution in [2.45, 2.75) is 26.9 Å². The molecule has 0 radical (unpaired) electrons. The molecule has 1 heterocycles. The second-order valence-corrected chi connectivity index (χ2v) is 5.38. The molecule has 0 unspecified atom stereocenters. The minimum absolute atomic E-state index is 0.799. The van der Waals surface area contributed by atoms with E-state index in [9.17, 15) is 0 Å². The molecule has 0 aliphatic carbocycles. The Bertz CT molecular complexity index is 478. The summed E-state index contributed by atoms with van der Waals surface area (Å²) in [5.41, 5.74) is 2.56. The maximum absolute atomic E-state index is 4.30. The molecule has 0 spiro atoms. The highest BCUT2D eigenvalue weighted by Gasteiger charge is 2.06. The molecular formula is C15H21N3S. The number of rotatable bonds is 7. The molecule has 19 heavy (non-hydrogen) atoms. The van der Waals surface area contributed by atoms with E-state index < -0.39 is 0 Å². The molecule has 102 valence electrons. The van der Waals surface area contributed by atoms with Gasteiger partial charge in [-0.05, 0) is 24.7 Å². The van der Waals surface area contributed by atoms with Crippen LogP contribution in [0.4, 0.5) is 5.69 Å². The van der Waals surface area contributed by atoms with Crippen molar-refractivity contribution in [3.05, 3.63) is 46.4 Å². The SMILES string of the molecule is CCN(CC)Cc1ccccc1NCc1nccs1. The van der Waals surface area contributed by atoms with Gasteiger partial charge >= 0.3 is 0 Å². The molecule has 0 saturated carbocycles. The fraction of sp³-hybridized carbons (Fsp3) is 0.400. The maximum Gasteiger partial charge on any atom is 0.112 e. The van der Waals surface area contributed by atoms with Crippen molar-refractivity contribution in [3.63, 3.8) is 0 Å². The monoisotopic (exact) mass is 275 g/mol. The van der Waals surface area contributed by atoms with Crippen molar-refractivity contribution in [2.24, 2.45) is 0 Å². The zero-order valence-corrected chi connectivity index (χ0v) is 12.4. The van der Waals surface area contributed by atoms with Crippen LogP contribution in [0.5, 0.6) is 0 Å². The van der Waals surface area contributed by atoms with Gasteiger partial charge in [-0.15, -0.1) is 11.3 Å². The van der Waals surface area contributed by atoms with E-state index in [1.807, 2.05) is 11.6 Å². The van der Waals surface area contributed by atoms with Crippen molar-refractivity contribution < 1.29 is 0 Å². The van der Waals surface area contributed by atoms with E-state index in [0.29, 0.717) is 0 Å². The predicted molar refractivity (Wildman–Crippen MR) is 82.5 cm³/mol. The zero-order valence-electron chi connectivity index (χ0n) is 11.6. The zero-order chi connectivity index (χ0) is 13.5. The summed E-state index contributed by atoms with van der Waals surface area (Å²) >= 11 is 1.69. The van der Waals surface area contributed by atoms with Gasteiger partial charge in [-0.1, -0.05) is 32.0 Å². The number of anilines is 1. The van der Waals surface area contributed by atoms with Crippen LogP contribution in [-0.2, 0) is 13.1 Å². The van der Waals surface area contributed by atoms with Gasteiger partial charge < -0.3 is 5.32 Å². The average Bonchev–Trinajstić information content (AvgIpc) is 2.97.